The molecule has 8 heteroatoms. The fourth-order valence-electron chi connectivity index (χ4n) is 2.32. The smallest absolute Gasteiger partial charge is 0.251 e. The Morgan fingerprint density at radius 1 is 1.20 bits per heavy atom. The summed E-state index contributed by atoms with van der Waals surface area (Å²) in [7, 11) is -3.68. The average molecular weight is 396 g/mol. The molecule has 0 aliphatic heterocycles. The molecule has 0 aliphatic rings. The van der Waals surface area contributed by atoms with E-state index in [1.807, 2.05) is 0 Å². The number of benzene rings is 1. The fourth-order valence-corrected chi connectivity index (χ4v) is 5.30. The van der Waals surface area contributed by atoms with Gasteiger partial charge in [-0.15, -0.1) is 11.3 Å². The fraction of sp³-hybridized carbons (Fsp3) is 0.118. The summed E-state index contributed by atoms with van der Waals surface area (Å²) in [5, 5.41) is 3.76. The number of amides is 1. The molecule has 0 spiro atoms. The lowest BCUT2D eigenvalue weighted by atomic mass is 10.2. The normalized spacial score (nSPS) is 12.7. The SMILES string of the molecule is O=C(NC[C@@H](c1ccco1)S(=O)(=O)c1cccs1)c1cccc(Cl)c1. The van der Waals surface area contributed by atoms with Gasteiger partial charge in [0.15, 0.2) is 9.84 Å². The van der Waals surface area contributed by atoms with Gasteiger partial charge < -0.3 is 9.73 Å². The molecule has 1 aromatic carbocycles. The highest BCUT2D eigenvalue weighted by molar-refractivity contribution is 7.93. The van der Waals surface area contributed by atoms with Crippen LogP contribution in [0.3, 0.4) is 0 Å². The zero-order valence-electron chi connectivity index (χ0n) is 12.9. The molecular formula is C17H14ClNO4S2. The maximum atomic E-state index is 12.9. The zero-order valence-corrected chi connectivity index (χ0v) is 15.3. The molecule has 0 bridgehead atoms. The Hall–Kier alpha value is -2.09. The van der Waals surface area contributed by atoms with Crippen molar-refractivity contribution in [3.63, 3.8) is 0 Å². The Bertz CT molecular complexity index is 950. The predicted octanol–water partition coefficient (Wildman–Crippen LogP) is 3.94. The van der Waals surface area contributed by atoms with Crippen LogP contribution in [0.4, 0.5) is 0 Å². The van der Waals surface area contributed by atoms with Gasteiger partial charge in [-0.1, -0.05) is 23.7 Å². The summed E-state index contributed by atoms with van der Waals surface area (Å²) in [6.45, 7) is -0.112. The van der Waals surface area contributed by atoms with Gasteiger partial charge in [0.1, 0.15) is 15.2 Å². The van der Waals surface area contributed by atoms with Crippen LogP contribution < -0.4 is 5.32 Å². The van der Waals surface area contributed by atoms with Crippen molar-refractivity contribution in [2.75, 3.05) is 6.54 Å². The largest absolute Gasteiger partial charge is 0.468 e. The van der Waals surface area contributed by atoms with Crippen LogP contribution in [0.5, 0.6) is 0 Å². The molecule has 5 nitrogen and oxygen atoms in total. The van der Waals surface area contributed by atoms with E-state index >= 15 is 0 Å². The van der Waals surface area contributed by atoms with Crippen LogP contribution in [-0.4, -0.2) is 20.9 Å². The van der Waals surface area contributed by atoms with Gasteiger partial charge >= 0.3 is 0 Å². The Morgan fingerprint density at radius 3 is 2.68 bits per heavy atom. The summed E-state index contributed by atoms with van der Waals surface area (Å²) in [5.74, 6) is -0.125. The molecular weight excluding hydrogens is 382 g/mol. The molecule has 1 atom stereocenters. The second-order valence-corrected chi connectivity index (χ2v) is 8.94. The van der Waals surface area contributed by atoms with Gasteiger partial charge in [-0.2, -0.15) is 0 Å². The van der Waals surface area contributed by atoms with Crippen molar-refractivity contribution >= 4 is 38.7 Å². The first kappa shape index (κ1) is 17.7. The molecule has 130 valence electrons. The molecule has 1 amide bonds. The lowest BCUT2D eigenvalue weighted by Crippen LogP contribution is -2.31. The van der Waals surface area contributed by atoms with Gasteiger partial charge in [-0.25, -0.2) is 8.42 Å². The van der Waals surface area contributed by atoms with E-state index in [2.05, 4.69) is 5.32 Å². The van der Waals surface area contributed by atoms with Crippen molar-refractivity contribution in [2.24, 2.45) is 0 Å². The van der Waals surface area contributed by atoms with Crippen molar-refractivity contribution in [2.45, 2.75) is 9.46 Å². The van der Waals surface area contributed by atoms with Crippen LogP contribution in [-0.2, 0) is 9.84 Å². The standard InChI is InChI=1S/C17H14ClNO4S2/c18-13-5-1-4-12(10-13)17(20)19-11-15(14-6-2-8-23-14)25(21,22)16-7-3-9-24-16/h1-10,15H,11H2,(H,19,20)/t15-/m0/s1. The predicted molar refractivity (Wildman–Crippen MR) is 96.7 cm³/mol. The summed E-state index contributed by atoms with van der Waals surface area (Å²) in [6.07, 6.45) is 1.41. The van der Waals surface area contributed by atoms with E-state index in [-0.39, 0.29) is 16.5 Å². The summed E-state index contributed by atoms with van der Waals surface area (Å²) in [4.78, 5) is 12.3. The van der Waals surface area contributed by atoms with Crippen LogP contribution in [0.25, 0.3) is 0 Å². The summed E-state index contributed by atoms with van der Waals surface area (Å²) in [5.41, 5.74) is 0.360. The molecule has 0 fully saturated rings. The second kappa shape index (κ2) is 7.43. The number of carbonyl (C=O) groups excluding carboxylic acids is 1. The monoisotopic (exact) mass is 395 g/mol. The van der Waals surface area contributed by atoms with Crippen molar-refractivity contribution in [3.05, 3.63) is 76.5 Å². The van der Waals surface area contributed by atoms with Crippen molar-refractivity contribution in [1.29, 1.82) is 0 Å². The Balaban J connectivity index is 1.83. The van der Waals surface area contributed by atoms with E-state index in [1.165, 1.54) is 18.4 Å². The van der Waals surface area contributed by atoms with Crippen LogP contribution in [0, 0.1) is 0 Å². The lowest BCUT2D eigenvalue weighted by Gasteiger charge is -2.15. The van der Waals surface area contributed by atoms with Crippen molar-refractivity contribution in [3.8, 4) is 0 Å². The van der Waals surface area contributed by atoms with Crippen LogP contribution in [0.2, 0.25) is 5.02 Å². The molecule has 0 saturated heterocycles. The number of hydrogen-bond donors (Lipinski definition) is 1. The minimum atomic E-state index is -3.68. The highest BCUT2D eigenvalue weighted by Crippen LogP contribution is 2.31. The Morgan fingerprint density at radius 2 is 2.04 bits per heavy atom. The number of thiophene rings is 1. The maximum absolute atomic E-state index is 12.9. The minimum Gasteiger partial charge on any atom is -0.468 e. The quantitative estimate of drug-likeness (QED) is 0.685. The Kier molecular flexibility index (Phi) is 5.27. The lowest BCUT2D eigenvalue weighted by molar-refractivity contribution is 0.0953. The molecule has 25 heavy (non-hydrogen) atoms. The summed E-state index contributed by atoms with van der Waals surface area (Å²) < 4.78 is 31.3. The van der Waals surface area contributed by atoms with E-state index < -0.39 is 21.0 Å². The van der Waals surface area contributed by atoms with Crippen LogP contribution in [0.15, 0.2) is 68.8 Å². The zero-order chi connectivity index (χ0) is 17.9. The number of carbonyl (C=O) groups is 1. The molecule has 0 aliphatic carbocycles. The maximum Gasteiger partial charge on any atom is 0.251 e. The molecule has 2 aromatic heterocycles. The third-order valence-electron chi connectivity index (χ3n) is 3.55. The van der Waals surface area contributed by atoms with Crippen molar-refractivity contribution in [1.82, 2.24) is 5.32 Å². The Labute approximate surface area is 154 Å². The molecule has 0 unspecified atom stereocenters. The highest BCUT2D eigenvalue weighted by atomic mass is 35.5. The third-order valence-corrected chi connectivity index (χ3v) is 7.27. The molecule has 0 saturated carbocycles. The molecule has 2 heterocycles. The number of halogens is 1. The molecule has 3 aromatic rings. The number of nitrogens with one attached hydrogen (secondary N) is 1. The molecule has 3 rings (SSSR count). The van der Waals surface area contributed by atoms with Gasteiger partial charge in [0.05, 0.1) is 6.26 Å². The first-order valence-corrected chi connectivity index (χ1v) is 10.1. The van der Waals surface area contributed by atoms with E-state index in [9.17, 15) is 13.2 Å². The first-order chi connectivity index (χ1) is 12.0. The highest BCUT2D eigenvalue weighted by Gasteiger charge is 2.32. The van der Waals surface area contributed by atoms with Gasteiger partial charge in [0, 0.05) is 17.1 Å². The first-order valence-electron chi connectivity index (χ1n) is 7.33. The van der Waals surface area contributed by atoms with Gasteiger partial charge in [-0.3, -0.25) is 4.79 Å². The van der Waals surface area contributed by atoms with Gasteiger partial charge in [0.25, 0.3) is 5.91 Å². The third kappa shape index (κ3) is 3.95. The second-order valence-electron chi connectivity index (χ2n) is 5.20. The van der Waals surface area contributed by atoms with Gasteiger partial charge in [-0.05, 0) is 41.8 Å². The van der Waals surface area contributed by atoms with E-state index in [4.69, 9.17) is 16.0 Å². The van der Waals surface area contributed by atoms with E-state index in [0.717, 1.165) is 11.3 Å². The van der Waals surface area contributed by atoms with Gasteiger partial charge in [0.2, 0.25) is 0 Å². The number of furan rings is 1. The van der Waals surface area contributed by atoms with Crippen LogP contribution in [0.1, 0.15) is 21.4 Å². The van der Waals surface area contributed by atoms with E-state index in [0.29, 0.717) is 10.6 Å². The number of rotatable bonds is 6. The summed E-state index contributed by atoms with van der Waals surface area (Å²) in [6, 6.07) is 12.8. The topological polar surface area (TPSA) is 76.4 Å². The number of hydrogen-bond acceptors (Lipinski definition) is 5. The van der Waals surface area contributed by atoms with E-state index in [1.54, 1.807) is 41.8 Å². The summed E-state index contributed by atoms with van der Waals surface area (Å²) >= 11 is 7.01. The van der Waals surface area contributed by atoms with Crippen molar-refractivity contribution < 1.29 is 17.6 Å². The molecule has 0 radical (unpaired) electrons. The minimum absolute atomic E-state index is 0.112. The van der Waals surface area contributed by atoms with Crippen LogP contribution >= 0.6 is 22.9 Å². The average Bonchev–Trinajstić information content (AvgIpc) is 3.28. The number of sulfone groups is 1. The molecule has 1 N–H and O–H groups in total.